The number of epoxide rings is 1. The topological polar surface area (TPSA) is 81.4 Å². The molecule has 0 saturated carbocycles. The summed E-state index contributed by atoms with van der Waals surface area (Å²) in [7, 11) is 1.53. The second-order valence-corrected chi connectivity index (χ2v) is 9.49. The monoisotopic (exact) mass is 436 g/mol. The van der Waals surface area contributed by atoms with E-state index in [1.54, 1.807) is 6.07 Å². The molecule has 0 radical (unpaired) electrons. The number of hydrogen-bond acceptors (Lipinski definition) is 6. The Morgan fingerprint density at radius 1 is 1.31 bits per heavy atom. The quantitative estimate of drug-likeness (QED) is 0.366. The molecule has 0 unspecified atom stereocenters. The summed E-state index contributed by atoms with van der Waals surface area (Å²) in [6.45, 7) is 12.1. The molecule has 3 aromatic rings. The number of fused-ring (bicyclic) bond motifs is 4. The summed E-state index contributed by atoms with van der Waals surface area (Å²) in [5.41, 5.74) is 3.47. The highest BCUT2D eigenvalue weighted by molar-refractivity contribution is 5.97. The zero-order valence-electron chi connectivity index (χ0n) is 19.1. The van der Waals surface area contributed by atoms with Gasteiger partial charge in [-0.05, 0) is 51.0 Å². The van der Waals surface area contributed by atoms with Gasteiger partial charge in [-0.2, -0.15) is 0 Å². The molecule has 1 saturated heterocycles. The second-order valence-electron chi connectivity index (χ2n) is 9.49. The predicted molar refractivity (Wildman–Crippen MR) is 123 cm³/mol. The van der Waals surface area contributed by atoms with Gasteiger partial charge < -0.3 is 23.7 Å². The molecule has 32 heavy (non-hydrogen) atoms. The van der Waals surface area contributed by atoms with Crippen LogP contribution in [0.2, 0.25) is 0 Å². The third-order valence-electron chi connectivity index (χ3n) is 6.84. The Morgan fingerprint density at radius 2 is 2.03 bits per heavy atom. The lowest BCUT2D eigenvalue weighted by molar-refractivity contribution is 0.0701. The van der Waals surface area contributed by atoms with Crippen LogP contribution in [0.3, 0.4) is 0 Å². The third kappa shape index (κ3) is 3.05. The predicted octanol–water partition coefficient (Wildman–Crippen LogP) is 4.60. The summed E-state index contributed by atoms with van der Waals surface area (Å²) < 4.78 is 23.6. The molecule has 2 aliphatic heterocycles. The molecule has 168 valence electrons. The zero-order valence-corrected chi connectivity index (χ0v) is 19.1. The number of aryl methyl sites for hydroxylation is 1. The van der Waals surface area contributed by atoms with Crippen LogP contribution in [-0.4, -0.2) is 30.5 Å². The van der Waals surface area contributed by atoms with E-state index in [4.69, 9.17) is 18.6 Å². The number of rotatable bonds is 4. The van der Waals surface area contributed by atoms with Crippen LogP contribution in [0.5, 0.6) is 11.5 Å². The van der Waals surface area contributed by atoms with Crippen molar-refractivity contribution in [1.29, 1.82) is 0 Å². The molecule has 3 atom stereocenters. The maximum atomic E-state index is 13.9. The first-order chi connectivity index (χ1) is 15.1. The Bertz CT molecular complexity index is 1330. The standard InChI is InChI=1S/C26H28O6/c1-12(2)15-11-30-24-13(3)9-17-19(21(24)22(15)27)23(28)20-16(29-6)8-7-14(25(20)31-17)10-18-26(4,5)32-18/h7-9,15,18,22,27H,1,10-11H2,2-6H3/t15-,18+,22-/m1/s1. The lowest BCUT2D eigenvalue weighted by Crippen LogP contribution is -2.28. The van der Waals surface area contributed by atoms with E-state index in [0.29, 0.717) is 52.0 Å². The van der Waals surface area contributed by atoms with Gasteiger partial charge in [0.05, 0.1) is 36.9 Å². The van der Waals surface area contributed by atoms with Crippen LogP contribution in [0.15, 0.2) is 39.6 Å². The summed E-state index contributed by atoms with van der Waals surface area (Å²) in [6.07, 6.45) is -0.208. The number of ether oxygens (including phenoxy) is 3. The lowest BCUT2D eigenvalue weighted by atomic mass is 9.85. The van der Waals surface area contributed by atoms with Gasteiger partial charge in [-0.25, -0.2) is 0 Å². The summed E-state index contributed by atoms with van der Waals surface area (Å²) >= 11 is 0. The largest absolute Gasteiger partial charge is 0.496 e. The molecule has 0 bridgehead atoms. The summed E-state index contributed by atoms with van der Waals surface area (Å²) in [6, 6.07) is 5.53. The minimum atomic E-state index is -0.908. The molecular weight excluding hydrogens is 408 g/mol. The van der Waals surface area contributed by atoms with Crippen molar-refractivity contribution in [2.75, 3.05) is 13.7 Å². The molecule has 2 aliphatic rings. The first-order valence-electron chi connectivity index (χ1n) is 10.9. The van der Waals surface area contributed by atoms with E-state index in [0.717, 1.165) is 16.7 Å². The fourth-order valence-electron chi connectivity index (χ4n) is 4.78. The van der Waals surface area contributed by atoms with Gasteiger partial charge in [-0.1, -0.05) is 18.2 Å². The van der Waals surface area contributed by atoms with E-state index in [1.165, 1.54) is 7.11 Å². The number of methoxy groups -OCH3 is 1. The fourth-order valence-corrected chi connectivity index (χ4v) is 4.78. The van der Waals surface area contributed by atoms with Gasteiger partial charge in [0.2, 0.25) is 5.43 Å². The molecule has 0 aliphatic carbocycles. The molecule has 1 N–H and O–H groups in total. The van der Waals surface area contributed by atoms with Crippen molar-refractivity contribution < 1.29 is 23.7 Å². The van der Waals surface area contributed by atoms with Gasteiger partial charge in [-0.15, -0.1) is 0 Å². The Balaban J connectivity index is 1.82. The van der Waals surface area contributed by atoms with Gasteiger partial charge in [0, 0.05) is 17.9 Å². The number of hydrogen-bond donors (Lipinski definition) is 1. The Hall–Kier alpha value is -2.83. The van der Waals surface area contributed by atoms with Crippen molar-refractivity contribution in [2.24, 2.45) is 5.92 Å². The number of aliphatic hydroxyl groups is 1. The third-order valence-corrected chi connectivity index (χ3v) is 6.84. The summed E-state index contributed by atoms with van der Waals surface area (Å²) in [4.78, 5) is 13.9. The second kappa shape index (κ2) is 7.09. The Kier molecular flexibility index (Phi) is 4.66. The molecule has 3 heterocycles. The van der Waals surface area contributed by atoms with Crippen molar-refractivity contribution in [1.82, 2.24) is 0 Å². The van der Waals surface area contributed by atoms with Gasteiger partial charge in [0.25, 0.3) is 0 Å². The fraction of sp³-hybridized carbons (Fsp3) is 0.423. The highest BCUT2D eigenvalue weighted by Gasteiger charge is 2.47. The van der Waals surface area contributed by atoms with Crippen LogP contribution in [0.4, 0.5) is 0 Å². The molecule has 6 heteroatoms. The molecule has 6 nitrogen and oxygen atoms in total. The molecular formula is C26H28O6. The van der Waals surface area contributed by atoms with Crippen LogP contribution in [0, 0.1) is 12.8 Å². The van der Waals surface area contributed by atoms with Crippen molar-refractivity contribution in [3.8, 4) is 11.5 Å². The van der Waals surface area contributed by atoms with E-state index >= 15 is 0 Å². The van der Waals surface area contributed by atoms with Crippen LogP contribution in [0.25, 0.3) is 21.9 Å². The normalized spacial score (nSPS) is 23.6. The molecule has 1 aromatic heterocycles. The molecule has 5 rings (SSSR count). The van der Waals surface area contributed by atoms with E-state index < -0.39 is 6.10 Å². The maximum Gasteiger partial charge on any atom is 0.204 e. The maximum absolute atomic E-state index is 13.9. The SMILES string of the molecule is C=C(C)[C@H]1COc2c(C)cc3oc4c(C[C@@H]5OC5(C)C)ccc(OC)c4c(=O)c3c2[C@@H]1O. The zero-order chi connectivity index (χ0) is 22.9. The van der Waals surface area contributed by atoms with E-state index in [2.05, 4.69) is 6.58 Å². The average molecular weight is 437 g/mol. The van der Waals surface area contributed by atoms with E-state index in [9.17, 15) is 9.90 Å². The first kappa shape index (κ1) is 21.0. The Labute approximate surface area is 186 Å². The van der Waals surface area contributed by atoms with E-state index in [-0.39, 0.29) is 23.1 Å². The van der Waals surface area contributed by atoms with Gasteiger partial charge in [-0.3, -0.25) is 4.79 Å². The smallest absolute Gasteiger partial charge is 0.204 e. The molecule has 2 aromatic carbocycles. The Morgan fingerprint density at radius 3 is 2.66 bits per heavy atom. The van der Waals surface area contributed by atoms with Crippen molar-refractivity contribution >= 4 is 21.9 Å². The van der Waals surface area contributed by atoms with Gasteiger partial charge >= 0.3 is 0 Å². The van der Waals surface area contributed by atoms with Crippen LogP contribution in [0.1, 0.15) is 43.6 Å². The summed E-state index contributed by atoms with van der Waals surface area (Å²) in [5.74, 6) is 0.676. The van der Waals surface area contributed by atoms with Crippen molar-refractivity contribution in [3.05, 3.63) is 57.3 Å². The number of benzene rings is 2. The first-order valence-corrected chi connectivity index (χ1v) is 10.9. The van der Waals surface area contributed by atoms with Crippen LogP contribution < -0.4 is 14.9 Å². The van der Waals surface area contributed by atoms with Crippen molar-refractivity contribution in [2.45, 2.75) is 51.9 Å². The van der Waals surface area contributed by atoms with Crippen molar-refractivity contribution in [3.63, 3.8) is 0 Å². The molecule has 0 spiro atoms. The van der Waals surface area contributed by atoms with Crippen LogP contribution >= 0.6 is 0 Å². The highest BCUT2D eigenvalue weighted by Crippen LogP contribution is 2.45. The minimum Gasteiger partial charge on any atom is -0.496 e. The minimum absolute atomic E-state index is 0.0666. The van der Waals surface area contributed by atoms with Crippen LogP contribution in [-0.2, 0) is 11.2 Å². The van der Waals surface area contributed by atoms with Gasteiger partial charge in [0.1, 0.15) is 28.1 Å². The number of aliphatic hydroxyl groups excluding tert-OH is 1. The van der Waals surface area contributed by atoms with Gasteiger partial charge in [0.15, 0.2) is 0 Å². The highest BCUT2D eigenvalue weighted by atomic mass is 16.6. The molecule has 1 fully saturated rings. The average Bonchev–Trinajstić information content (AvgIpc) is 3.34. The lowest BCUT2D eigenvalue weighted by Gasteiger charge is -2.32. The van der Waals surface area contributed by atoms with E-state index in [1.807, 2.05) is 39.8 Å². The molecule has 0 amide bonds. The summed E-state index contributed by atoms with van der Waals surface area (Å²) in [5, 5.41) is 11.9.